The van der Waals surface area contributed by atoms with Gasteiger partial charge < -0.3 is 15.2 Å². The summed E-state index contributed by atoms with van der Waals surface area (Å²) in [6, 6.07) is 7.02. The maximum Gasteiger partial charge on any atom is 0.269 e. The first-order valence-corrected chi connectivity index (χ1v) is 10.7. The van der Waals surface area contributed by atoms with Crippen LogP contribution in [0.5, 0.6) is 0 Å². The Hall–Kier alpha value is -3.33. The predicted octanol–water partition coefficient (Wildman–Crippen LogP) is 2.32. The number of aromatic nitrogens is 3. The van der Waals surface area contributed by atoms with Crippen LogP contribution in [0.1, 0.15) is 40.4 Å². The molecule has 0 aliphatic carbocycles. The smallest absolute Gasteiger partial charge is 0.269 e. The van der Waals surface area contributed by atoms with Crippen molar-refractivity contribution in [3.8, 4) is 0 Å². The number of carbonyl (C=O) groups is 1. The molecule has 1 aromatic carbocycles. The molecule has 1 fully saturated rings. The minimum absolute atomic E-state index is 0.152. The first-order valence-electron chi connectivity index (χ1n) is 10.7. The number of aryl methyl sites for hydroxylation is 2. The molecule has 1 saturated heterocycles. The molecule has 2 aromatic heterocycles. The van der Waals surface area contributed by atoms with E-state index in [9.17, 15) is 9.59 Å². The van der Waals surface area contributed by atoms with Gasteiger partial charge in [-0.3, -0.25) is 14.5 Å². The summed E-state index contributed by atoms with van der Waals surface area (Å²) < 4.78 is 15.2. The standard InChI is InChI=1S/C23H27FN6O2/c1-13-19(8-7-18(26-13)23(32)25-4)30-11-9-29(10-12-30)15(3)16-5-6-17-21(20(16)24)28-22(31)14(2)27-17/h5-8,15H,9-12H2,1-4H3,(H,25,32)(H,28,31). The molecule has 1 aliphatic rings. The first kappa shape index (κ1) is 21.9. The zero-order valence-electron chi connectivity index (χ0n) is 18.7. The topological polar surface area (TPSA) is 94.2 Å². The Bertz CT molecular complexity index is 1230. The number of hydrogen-bond acceptors (Lipinski definition) is 6. The minimum Gasteiger partial charge on any atom is -0.368 e. The third-order valence-corrected chi connectivity index (χ3v) is 6.18. The molecule has 1 amide bonds. The van der Waals surface area contributed by atoms with Crippen LogP contribution in [0, 0.1) is 19.7 Å². The summed E-state index contributed by atoms with van der Waals surface area (Å²) in [6.45, 7) is 8.51. The summed E-state index contributed by atoms with van der Waals surface area (Å²) in [6.07, 6.45) is 0. The second-order valence-corrected chi connectivity index (χ2v) is 8.09. The van der Waals surface area contributed by atoms with Gasteiger partial charge in [0.15, 0.2) is 5.82 Å². The Morgan fingerprint density at radius 1 is 1.09 bits per heavy atom. The number of anilines is 1. The largest absolute Gasteiger partial charge is 0.368 e. The van der Waals surface area contributed by atoms with Crippen LogP contribution in [-0.4, -0.2) is 59.0 Å². The molecule has 8 nitrogen and oxygen atoms in total. The number of carbonyl (C=O) groups excluding carboxylic acids is 1. The average Bonchev–Trinajstić information content (AvgIpc) is 2.80. The number of H-pyrrole nitrogens is 1. The van der Waals surface area contributed by atoms with Gasteiger partial charge in [-0.2, -0.15) is 0 Å². The van der Waals surface area contributed by atoms with E-state index in [4.69, 9.17) is 0 Å². The number of benzene rings is 1. The number of hydrogen-bond donors (Lipinski definition) is 2. The summed E-state index contributed by atoms with van der Waals surface area (Å²) in [4.78, 5) is 39.4. The summed E-state index contributed by atoms with van der Waals surface area (Å²) in [5.74, 6) is -0.630. The number of fused-ring (bicyclic) bond motifs is 1. The van der Waals surface area contributed by atoms with Crippen LogP contribution in [0.2, 0.25) is 0 Å². The Morgan fingerprint density at radius 2 is 1.81 bits per heavy atom. The van der Waals surface area contributed by atoms with E-state index in [1.54, 1.807) is 32.2 Å². The highest BCUT2D eigenvalue weighted by Crippen LogP contribution is 2.29. The van der Waals surface area contributed by atoms with Gasteiger partial charge in [0, 0.05) is 44.8 Å². The van der Waals surface area contributed by atoms with Crippen molar-refractivity contribution in [3.63, 3.8) is 0 Å². The molecular formula is C23H27FN6O2. The normalized spacial score (nSPS) is 15.7. The van der Waals surface area contributed by atoms with E-state index in [1.165, 1.54) is 0 Å². The van der Waals surface area contributed by atoms with E-state index in [2.05, 4.69) is 30.1 Å². The number of amides is 1. The third kappa shape index (κ3) is 3.95. The van der Waals surface area contributed by atoms with Gasteiger partial charge in [-0.1, -0.05) is 6.07 Å². The lowest BCUT2D eigenvalue weighted by atomic mass is 10.0. The zero-order chi connectivity index (χ0) is 23.0. The van der Waals surface area contributed by atoms with Crippen molar-refractivity contribution in [2.75, 3.05) is 38.1 Å². The molecule has 32 heavy (non-hydrogen) atoms. The Kier molecular flexibility index (Phi) is 5.92. The lowest BCUT2D eigenvalue weighted by Gasteiger charge is -2.39. The molecule has 0 radical (unpaired) electrons. The first-order chi connectivity index (χ1) is 15.3. The van der Waals surface area contributed by atoms with Crippen molar-refractivity contribution in [3.05, 3.63) is 63.1 Å². The highest BCUT2D eigenvalue weighted by molar-refractivity contribution is 5.92. The molecule has 0 bridgehead atoms. The van der Waals surface area contributed by atoms with Crippen LogP contribution in [0.3, 0.4) is 0 Å². The molecule has 1 aliphatic heterocycles. The van der Waals surface area contributed by atoms with Gasteiger partial charge in [0.25, 0.3) is 11.5 Å². The van der Waals surface area contributed by atoms with E-state index in [0.29, 0.717) is 22.5 Å². The van der Waals surface area contributed by atoms with E-state index in [0.717, 1.165) is 37.6 Å². The van der Waals surface area contributed by atoms with Crippen LogP contribution in [0.25, 0.3) is 11.0 Å². The SMILES string of the molecule is CNC(=O)c1ccc(N2CCN(C(C)c3ccc4nc(C)c(=O)[nH]c4c3F)CC2)c(C)n1. The second kappa shape index (κ2) is 8.66. The number of pyridine rings is 1. The van der Waals surface area contributed by atoms with E-state index in [-0.39, 0.29) is 23.0 Å². The Labute approximate surface area is 185 Å². The summed E-state index contributed by atoms with van der Waals surface area (Å²) in [5, 5.41) is 2.59. The number of aromatic amines is 1. The molecule has 3 heterocycles. The lowest BCUT2D eigenvalue weighted by molar-refractivity contribution is 0.0958. The number of nitrogens with one attached hydrogen (secondary N) is 2. The second-order valence-electron chi connectivity index (χ2n) is 8.09. The van der Waals surface area contributed by atoms with Gasteiger partial charge in [0.2, 0.25) is 0 Å². The quantitative estimate of drug-likeness (QED) is 0.649. The zero-order valence-corrected chi connectivity index (χ0v) is 18.7. The maximum atomic E-state index is 15.2. The van der Waals surface area contributed by atoms with Crippen molar-refractivity contribution in [1.29, 1.82) is 0 Å². The third-order valence-electron chi connectivity index (χ3n) is 6.18. The predicted molar refractivity (Wildman–Crippen MR) is 122 cm³/mol. The van der Waals surface area contributed by atoms with Gasteiger partial charge in [-0.05, 0) is 39.0 Å². The highest BCUT2D eigenvalue weighted by atomic mass is 19.1. The fourth-order valence-corrected chi connectivity index (χ4v) is 4.24. The van der Waals surface area contributed by atoms with Crippen LogP contribution in [0.4, 0.5) is 10.1 Å². The molecule has 2 N–H and O–H groups in total. The minimum atomic E-state index is -0.424. The van der Waals surface area contributed by atoms with Gasteiger partial charge in [-0.25, -0.2) is 14.4 Å². The molecule has 1 unspecified atom stereocenters. The molecule has 9 heteroatoms. The Balaban J connectivity index is 1.50. The molecular weight excluding hydrogens is 411 g/mol. The van der Waals surface area contributed by atoms with E-state index in [1.807, 2.05) is 19.9 Å². The van der Waals surface area contributed by atoms with Gasteiger partial charge in [0.05, 0.1) is 16.9 Å². The molecule has 168 valence electrons. The summed E-state index contributed by atoms with van der Waals surface area (Å²) >= 11 is 0. The highest BCUT2D eigenvalue weighted by Gasteiger charge is 2.26. The monoisotopic (exact) mass is 438 g/mol. The fraction of sp³-hybridized carbons (Fsp3) is 0.391. The lowest BCUT2D eigenvalue weighted by Crippen LogP contribution is -2.47. The number of rotatable bonds is 4. The summed E-state index contributed by atoms with van der Waals surface area (Å²) in [7, 11) is 1.58. The maximum absolute atomic E-state index is 15.2. The number of nitrogens with zero attached hydrogens (tertiary/aromatic N) is 4. The molecule has 0 spiro atoms. The van der Waals surface area contributed by atoms with Crippen LogP contribution in [-0.2, 0) is 0 Å². The van der Waals surface area contributed by atoms with Crippen molar-refractivity contribution >= 4 is 22.6 Å². The van der Waals surface area contributed by atoms with E-state index >= 15 is 4.39 Å². The van der Waals surface area contributed by atoms with Gasteiger partial charge >= 0.3 is 0 Å². The van der Waals surface area contributed by atoms with Crippen molar-refractivity contribution < 1.29 is 9.18 Å². The number of piperazine rings is 1. The van der Waals surface area contributed by atoms with Crippen LogP contribution >= 0.6 is 0 Å². The average molecular weight is 439 g/mol. The van der Waals surface area contributed by atoms with Crippen molar-refractivity contribution in [2.24, 2.45) is 0 Å². The molecule has 4 rings (SSSR count). The molecule has 1 atom stereocenters. The number of halogens is 1. The Morgan fingerprint density at radius 3 is 2.47 bits per heavy atom. The van der Waals surface area contributed by atoms with Crippen molar-refractivity contribution in [1.82, 2.24) is 25.2 Å². The van der Waals surface area contributed by atoms with Crippen LogP contribution < -0.4 is 15.8 Å². The fourth-order valence-electron chi connectivity index (χ4n) is 4.24. The van der Waals surface area contributed by atoms with Crippen LogP contribution in [0.15, 0.2) is 29.1 Å². The summed E-state index contributed by atoms with van der Waals surface area (Å²) in [5.41, 5.74) is 3.30. The van der Waals surface area contributed by atoms with Gasteiger partial charge in [0.1, 0.15) is 16.9 Å². The molecule has 0 saturated carbocycles. The van der Waals surface area contributed by atoms with Gasteiger partial charge in [-0.15, -0.1) is 0 Å². The molecule has 3 aromatic rings. The van der Waals surface area contributed by atoms with E-state index < -0.39 is 5.82 Å². The van der Waals surface area contributed by atoms with Crippen molar-refractivity contribution in [2.45, 2.75) is 26.8 Å².